The fourth-order valence-corrected chi connectivity index (χ4v) is 2.39. The smallest absolute Gasteiger partial charge is 0.410 e. The number of carbonyl (C=O) groups excluding carboxylic acids is 1. The van der Waals surface area contributed by atoms with E-state index in [1.165, 1.54) is 4.90 Å². The fraction of sp³-hybridized carbons (Fsp3) is 0.500. The summed E-state index contributed by atoms with van der Waals surface area (Å²) in [6, 6.07) is 8.43. The highest BCUT2D eigenvalue weighted by Crippen LogP contribution is 2.22. The monoisotopic (exact) mass is 281 g/mol. The third-order valence-electron chi connectivity index (χ3n) is 3.44. The second-order valence-corrected chi connectivity index (χ2v) is 4.83. The Labute approximate surface area is 117 Å². The second kappa shape index (κ2) is 6.69. The number of likely N-dealkylation sites (tertiary alicyclic amines) is 1. The van der Waals surface area contributed by atoms with E-state index in [0.29, 0.717) is 13.0 Å². The van der Waals surface area contributed by atoms with Crippen molar-refractivity contribution >= 4 is 6.09 Å². The largest absolute Gasteiger partial charge is 0.445 e. The highest BCUT2D eigenvalue weighted by Gasteiger charge is 2.41. The Hall–Kier alpha value is -1.63. The van der Waals surface area contributed by atoms with Gasteiger partial charge >= 0.3 is 6.09 Å². The van der Waals surface area contributed by atoms with Crippen molar-refractivity contribution < 1.29 is 24.9 Å². The summed E-state index contributed by atoms with van der Waals surface area (Å²) in [5.74, 6) is 0. The summed E-state index contributed by atoms with van der Waals surface area (Å²) in [5, 5.41) is 28.4. The summed E-state index contributed by atoms with van der Waals surface area (Å²) in [6.45, 7) is -0.0745. The number of amides is 1. The molecule has 3 N–H and O–H groups in total. The molecule has 6 nitrogen and oxygen atoms in total. The van der Waals surface area contributed by atoms with E-state index >= 15 is 0 Å². The maximum Gasteiger partial charge on any atom is 0.410 e. The van der Waals surface area contributed by atoms with E-state index in [-0.39, 0.29) is 6.61 Å². The van der Waals surface area contributed by atoms with Crippen LogP contribution in [0.5, 0.6) is 0 Å². The van der Waals surface area contributed by atoms with E-state index in [1.54, 1.807) is 0 Å². The molecule has 0 unspecified atom stereocenters. The van der Waals surface area contributed by atoms with E-state index in [1.807, 2.05) is 30.3 Å². The Bertz CT molecular complexity index is 438. The Morgan fingerprint density at radius 2 is 2.10 bits per heavy atom. The van der Waals surface area contributed by atoms with Crippen LogP contribution in [0, 0.1) is 0 Å². The van der Waals surface area contributed by atoms with Gasteiger partial charge in [0.2, 0.25) is 0 Å². The molecule has 2 rings (SSSR count). The van der Waals surface area contributed by atoms with Crippen molar-refractivity contribution in [3.8, 4) is 0 Å². The van der Waals surface area contributed by atoms with Crippen LogP contribution in [0.25, 0.3) is 0 Å². The number of carbonyl (C=O) groups is 1. The molecule has 1 heterocycles. The SMILES string of the molecule is O=C(OCc1ccccc1)N1CC[C@@H](O)[C@H]1[C@@H](O)CO. The lowest BCUT2D eigenvalue weighted by Crippen LogP contribution is -2.48. The van der Waals surface area contributed by atoms with Gasteiger partial charge in [-0.1, -0.05) is 30.3 Å². The van der Waals surface area contributed by atoms with Crippen LogP contribution in [0.4, 0.5) is 4.79 Å². The van der Waals surface area contributed by atoms with E-state index in [9.17, 15) is 15.0 Å². The van der Waals surface area contributed by atoms with Gasteiger partial charge in [0, 0.05) is 6.54 Å². The Morgan fingerprint density at radius 3 is 2.75 bits per heavy atom. The molecule has 1 fully saturated rings. The second-order valence-electron chi connectivity index (χ2n) is 4.83. The van der Waals surface area contributed by atoms with Crippen molar-refractivity contribution in [3.63, 3.8) is 0 Å². The van der Waals surface area contributed by atoms with Crippen molar-refractivity contribution in [2.45, 2.75) is 31.3 Å². The highest BCUT2D eigenvalue weighted by molar-refractivity contribution is 5.68. The number of hydrogen-bond acceptors (Lipinski definition) is 5. The first-order chi connectivity index (χ1) is 9.63. The van der Waals surface area contributed by atoms with Gasteiger partial charge in [-0.25, -0.2) is 4.79 Å². The molecule has 20 heavy (non-hydrogen) atoms. The standard InChI is InChI=1S/C14H19NO5/c16-8-12(18)13-11(17)6-7-15(13)14(19)20-9-10-4-2-1-3-5-10/h1-5,11-13,16-18H,6-9H2/t11-,12+,13+/m1/s1. The minimum atomic E-state index is -1.17. The predicted octanol–water partition coefficient (Wildman–Crippen LogP) is 0.112. The van der Waals surface area contributed by atoms with E-state index in [0.717, 1.165) is 5.56 Å². The third kappa shape index (κ3) is 3.27. The molecule has 1 amide bonds. The number of aliphatic hydroxyl groups excluding tert-OH is 3. The van der Waals surface area contributed by atoms with Gasteiger partial charge in [0.25, 0.3) is 0 Å². The zero-order valence-corrected chi connectivity index (χ0v) is 11.1. The molecule has 0 spiro atoms. The first kappa shape index (κ1) is 14.8. The topological polar surface area (TPSA) is 90.2 Å². The summed E-state index contributed by atoms with van der Waals surface area (Å²) in [7, 11) is 0. The summed E-state index contributed by atoms with van der Waals surface area (Å²) < 4.78 is 5.17. The van der Waals surface area contributed by atoms with Crippen LogP contribution in [-0.4, -0.2) is 57.7 Å². The molecule has 0 aromatic heterocycles. The summed E-state index contributed by atoms with van der Waals surface area (Å²) in [4.78, 5) is 13.3. The van der Waals surface area contributed by atoms with Crippen molar-refractivity contribution in [2.75, 3.05) is 13.2 Å². The maximum absolute atomic E-state index is 12.0. The third-order valence-corrected chi connectivity index (χ3v) is 3.44. The normalized spacial score (nSPS) is 23.6. The van der Waals surface area contributed by atoms with Gasteiger partial charge in [0.1, 0.15) is 12.7 Å². The molecular formula is C14H19NO5. The lowest BCUT2D eigenvalue weighted by atomic mass is 10.1. The van der Waals surface area contributed by atoms with Crippen molar-refractivity contribution in [1.82, 2.24) is 4.90 Å². The highest BCUT2D eigenvalue weighted by atomic mass is 16.6. The maximum atomic E-state index is 12.0. The zero-order chi connectivity index (χ0) is 14.5. The molecule has 0 radical (unpaired) electrons. The lowest BCUT2D eigenvalue weighted by molar-refractivity contribution is -0.0151. The minimum Gasteiger partial charge on any atom is -0.445 e. The van der Waals surface area contributed by atoms with Crippen molar-refractivity contribution in [1.29, 1.82) is 0 Å². The lowest BCUT2D eigenvalue weighted by Gasteiger charge is -2.28. The molecular weight excluding hydrogens is 262 g/mol. The fourth-order valence-electron chi connectivity index (χ4n) is 2.39. The van der Waals surface area contributed by atoms with Gasteiger partial charge < -0.3 is 20.1 Å². The van der Waals surface area contributed by atoms with Gasteiger partial charge in [-0.2, -0.15) is 0 Å². The average Bonchev–Trinajstić information content (AvgIpc) is 2.87. The number of ether oxygens (including phenoxy) is 1. The summed E-state index contributed by atoms with van der Waals surface area (Å²) in [6.07, 6.45) is -2.25. The molecule has 1 aliphatic rings. The van der Waals surface area contributed by atoms with Gasteiger partial charge in [-0.15, -0.1) is 0 Å². The molecule has 0 saturated carbocycles. The molecule has 110 valence electrons. The van der Waals surface area contributed by atoms with E-state index in [4.69, 9.17) is 9.84 Å². The molecule has 1 aromatic carbocycles. The average molecular weight is 281 g/mol. The van der Waals surface area contributed by atoms with Crippen LogP contribution in [0.1, 0.15) is 12.0 Å². The number of aliphatic hydroxyl groups is 3. The van der Waals surface area contributed by atoms with Crippen LogP contribution in [0.2, 0.25) is 0 Å². The van der Waals surface area contributed by atoms with Gasteiger partial charge in [0.05, 0.1) is 18.8 Å². The van der Waals surface area contributed by atoms with E-state index < -0.39 is 30.9 Å². The van der Waals surface area contributed by atoms with Crippen LogP contribution < -0.4 is 0 Å². The van der Waals surface area contributed by atoms with Crippen LogP contribution in [0.3, 0.4) is 0 Å². The Morgan fingerprint density at radius 1 is 1.40 bits per heavy atom. The molecule has 0 bridgehead atoms. The van der Waals surface area contributed by atoms with Crippen LogP contribution >= 0.6 is 0 Å². The number of rotatable bonds is 4. The molecule has 6 heteroatoms. The number of hydrogen-bond donors (Lipinski definition) is 3. The zero-order valence-electron chi connectivity index (χ0n) is 11.1. The first-order valence-corrected chi connectivity index (χ1v) is 6.57. The number of nitrogens with zero attached hydrogens (tertiary/aromatic N) is 1. The van der Waals surface area contributed by atoms with E-state index in [2.05, 4.69) is 0 Å². The Kier molecular flexibility index (Phi) is 4.94. The summed E-state index contributed by atoms with van der Waals surface area (Å²) in [5.41, 5.74) is 0.861. The van der Waals surface area contributed by atoms with Crippen LogP contribution in [-0.2, 0) is 11.3 Å². The van der Waals surface area contributed by atoms with Crippen molar-refractivity contribution in [3.05, 3.63) is 35.9 Å². The first-order valence-electron chi connectivity index (χ1n) is 6.57. The van der Waals surface area contributed by atoms with Gasteiger partial charge in [-0.05, 0) is 12.0 Å². The van der Waals surface area contributed by atoms with Gasteiger partial charge in [0.15, 0.2) is 0 Å². The quantitative estimate of drug-likeness (QED) is 0.729. The van der Waals surface area contributed by atoms with Crippen molar-refractivity contribution in [2.24, 2.45) is 0 Å². The summed E-state index contributed by atoms with van der Waals surface area (Å²) >= 11 is 0. The molecule has 1 aromatic rings. The number of benzene rings is 1. The molecule has 1 saturated heterocycles. The molecule has 3 atom stereocenters. The Balaban J connectivity index is 1.94. The molecule has 0 aliphatic carbocycles. The minimum absolute atomic E-state index is 0.133. The van der Waals surface area contributed by atoms with Gasteiger partial charge in [-0.3, -0.25) is 4.90 Å². The molecule has 1 aliphatic heterocycles. The van der Waals surface area contributed by atoms with Crippen LogP contribution in [0.15, 0.2) is 30.3 Å². The predicted molar refractivity (Wildman–Crippen MR) is 70.8 cm³/mol.